The number of aromatic nitrogens is 1. The zero-order valence-corrected chi connectivity index (χ0v) is 15.4. The molecule has 0 unspecified atom stereocenters. The number of amidine groups is 1. The molecule has 3 N–H and O–H groups in total. The van der Waals surface area contributed by atoms with E-state index in [4.69, 9.17) is 5.73 Å². The predicted octanol–water partition coefficient (Wildman–Crippen LogP) is 2.35. The topological polar surface area (TPSA) is 97.4 Å². The highest BCUT2D eigenvalue weighted by atomic mass is 32.2. The smallest absolute Gasteiger partial charge is 0.251 e. The van der Waals surface area contributed by atoms with E-state index in [1.807, 2.05) is 12.1 Å². The van der Waals surface area contributed by atoms with Gasteiger partial charge < -0.3 is 5.73 Å². The molecule has 6 nitrogen and oxygen atoms in total. The second kappa shape index (κ2) is 6.07. The van der Waals surface area contributed by atoms with Gasteiger partial charge in [0, 0.05) is 30.0 Å². The normalized spacial score (nSPS) is 18.7. The average molecular weight is 392 g/mol. The Morgan fingerprint density at radius 1 is 1.22 bits per heavy atom. The fraction of sp³-hybridized carbons (Fsp3) is 0.333. The molecule has 27 heavy (non-hydrogen) atoms. The molecule has 0 radical (unpaired) electrons. The molecule has 0 bridgehead atoms. The Balaban J connectivity index is 1.60. The highest BCUT2D eigenvalue weighted by Gasteiger charge is 2.46. The number of hydrogen-bond acceptors (Lipinski definition) is 5. The van der Waals surface area contributed by atoms with Crippen molar-refractivity contribution in [3.63, 3.8) is 0 Å². The molecule has 1 aromatic carbocycles. The minimum Gasteiger partial charge on any atom is -0.382 e. The first-order chi connectivity index (χ1) is 12.6. The van der Waals surface area contributed by atoms with Crippen molar-refractivity contribution in [3.05, 3.63) is 47.2 Å². The largest absolute Gasteiger partial charge is 0.382 e. The number of aliphatic imine (C=N–C) groups is 1. The molecule has 1 saturated carbocycles. The van der Waals surface area contributed by atoms with Crippen LogP contribution in [0.5, 0.6) is 0 Å². The zero-order chi connectivity index (χ0) is 19.4. The third-order valence-corrected chi connectivity index (χ3v) is 6.36. The number of hydrogen-bond donors (Lipinski definition) is 2. The van der Waals surface area contributed by atoms with Gasteiger partial charge in [0.05, 0.1) is 17.1 Å². The number of sulfonamides is 1. The summed E-state index contributed by atoms with van der Waals surface area (Å²) < 4.78 is 53.1. The number of alkyl halides is 2. The van der Waals surface area contributed by atoms with E-state index in [9.17, 15) is 17.2 Å². The Morgan fingerprint density at radius 3 is 2.63 bits per heavy atom. The highest BCUT2D eigenvalue weighted by molar-refractivity contribution is 7.89. The standard InChI is InChI=1S/C18H18F2N4O2S/c1-10-6-13(27(25,26)24-12-7-18(19,20)8-12)3-4-14(10)15-5-2-11-9-22-17(21)16(11)23-15/h2-6,12,24H,7-9H2,1H3,(H2,21,22). The van der Waals surface area contributed by atoms with E-state index in [0.29, 0.717) is 29.3 Å². The summed E-state index contributed by atoms with van der Waals surface area (Å²) in [5.74, 6) is -2.39. The van der Waals surface area contributed by atoms with E-state index >= 15 is 0 Å². The maximum absolute atomic E-state index is 12.9. The molecule has 0 spiro atoms. The molecule has 9 heteroatoms. The second-order valence-electron chi connectivity index (χ2n) is 6.96. The minimum absolute atomic E-state index is 0.0428. The molecule has 1 aromatic heterocycles. The van der Waals surface area contributed by atoms with Gasteiger partial charge in [-0.3, -0.25) is 4.99 Å². The van der Waals surface area contributed by atoms with Crippen LogP contribution in [0.3, 0.4) is 0 Å². The molecule has 2 aliphatic rings. The van der Waals surface area contributed by atoms with Crippen LogP contribution < -0.4 is 10.5 Å². The Bertz CT molecular complexity index is 1060. The summed E-state index contributed by atoms with van der Waals surface area (Å²) in [6, 6.07) is 7.65. The number of pyridine rings is 1. The highest BCUT2D eigenvalue weighted by Crippen LogP contribution is 2.38. The Kier molecular flexibility index (Phi) is 4.04. The molecule has 0 atom stereocenters. The number of nitrogens with zero attached hydrogens (tertiary/aromatic N) is 2. The van der Waals surface area contributed by atoms with Gasteiger partial charge in [-0.2, -0.15) is 0 Å². The van der Waals surface area contributed by atoms with Crippen LogP contribution in [0, 0.1) is 6.92 Å². The van der Waals surface area contributed by atoms with Crippen molar-refractivity contribution in [2.45, 2.75) is 43.2 Å². The molecule has 2 aromatic rings. The van der Waals surface area contributed by atoms with Crippen LogP contribution in [0.4, 0.5) is 8.78 Å². The van der Waals surface area contributed by atoms with Gasteiger partial charge in [-0.15, -0.1) is 0 Å². The number of nitrogens with two attached hydrogens (primary N) is 1. The fourth-order valence-corrected chi connectivity index (χ4v) is 4.68. The van der Waals surface area contributed by atoms with Crippen LogP contribution in [0.15, 0.2) is 40.2 Å². The second-order valence-corrected chi connectivity index (χ2v) is 8.68. The Labute approximate surface area is 155 Å². The Hall–Kier alpha value is -2.39. The van der Waals surface area contributed by atoms with Crippen LogP contribution in [-0.4, -0.2) is 31.2 Å². The lowest BCUT2D eigenvalue weighted by atomic mass is 9.89. The monoisotopic (exact) mass is 392 g/mol. The lowest BCUT2D eigenvalue weighted by Crippen LogP contribution is -2.50. The Morgan fingerprint density at radius 2 is 1.96 bits per heavy atom. The first-order valence-corrected chi connectivity index (χ1v) is 9.94. The molecule has 142 valence electrons. The summed E-state index contributed by atoms with van der Waals surface area (Å²) >= 11 is 0. The van der Waals surface area contributed by atoms with E-state index in [1.54, 1.807) is 13.0 Å². The third-order valence-electron chi connectivity index (χ3n) is 4.84. The van der Waals surface area contributed by atoms with Gasteiger partial charge in [-0.25, -0.2) is 26.9 Å². The number of benzene rings is 1. The van der Waals surface area contributed by atoms with Gasteiger partial charge in [0.1, 0.15) is 11.5 Å². The van der Waals surface area contributed by atoms with E-state index in [2.05, 4.69) is 14.7 Å². The van der Waals surface area contributed by atoms with Crippen LogP contribution in [-0.2, 0) is 16.6 Å². The van der Waals surface area contributed by atoms with Crippen molar-refractivity contribution in [1.82, 2.24) is 9.71 Å². The number of halogens is 2. The molecule has 1 aliphatic carbocycles. The summed E-state index contributed by atoms with van der Waals surface area (Å²) in [7, 11) is -3.85. The molecule has 1 aliphatic heterocycles. The zero-order valence-electron chi connectivity index (χ0n) is 14.5. The number of rotatable bonds is 4. The van der Waals surface area contributed by atoms with Gasteiger partial charge >= 0.3 is 0 Å². The van der Waals surface area contributed by atoms with Crippen molar-refractivity contribution >= 4 is 15.9 Å². The molecular weight excluding hydrogens is 374 g/mol. The van der Waals surface area contributed by atoms with Gasteiger partial charge in [0.15, 0.2) is 0 Å². The summed E-state index contributed by atoms with van der Waals surface area (Å²) in [6.45, 7) is 2.29. The van der Waals surface area contributed by atoms with Crippen molar-refractivity contribution in [3.8, 4) is 11.3 Å². The predicted molar refractivity (Wildman–Crippen MR) is 97.1 cm³/mol. The molecule has 0 saturated heterocycles. The summed E-state index contributed by atoms with van der Waals surface area (Å²) in [6.07, 6.45) is -0.934. The van der Waals surface area contributed by atoms with E-state index in [0.717, 1.165) is 11.1 Å². The summed E-state index contributed by atoms with van der Waals surface area (Å²) in [5, 5.41) is 0. The van der Waals surface area contributed by atoms with Gasteiger partial charge in [-0.1, -0.05) is 12.1 Å². The first kappa shape index (κ1) is 18.0. The first-order valence-electron chi connectivity index (χ1n) is 8.46. The van der Waals surface area contributed by atoms with Gasteiger partial charge in [-0.05, 0) is 30.7 Å². The molecule has 1 fully saturated rings. The van der Waals surface area contributed by atoms with Crippen molar-refractivity contribution < 1.29 is 17.2 Å². The lowest BCUT2D eigenvalue weighted by molar-refractivity contribution is -0.0876. The SMILES string of the molecule is Cc1cc(S(=O)(=O)NC2CC(F)(F)C2)ccc1-c1ccc2c(n1)C(N)=NC2. The quantitative estimate of drug-likeness (QED) is 0.835. The van der Waals surface area contributed by atoms with E-state index in [-0.39, 0.29) is 4.90 Å². The van der Waals surface area contributed by atoms with Gasteiger partial charge in [0.2, 0.25) is 10.0 Å². The fourth-order valence-electron chi connectivity index (χ4n) is 3.36. The number of aryl methyl sites for hydroxylation is 1. The molecule has 4 rings (SSSR count). The van der Waals surface area contributed by atoms with Crippen molar-refractivity contribution in [2.24, 2.45) is 10.7 Å². The maximum atomic E-state index is 12.9. The molecular formula is C18H18F2N4O2S. The van der Waals surface area contributed by atoms with Crippen LogP contribution in [0.2, 0.25) is 0 Å². The summed E-state index contributed by atoms with van der Waals surface area (Å²) in [4.78, 5) is 8.73. The summed E-state index contributed by atoms with van der Waals surface area (Å²) in [5.41, 5.74) is 9.59. The minimum atomic E-state index is -3.85. The maximum Gasteiger partial charge on any atom is 0.251 e. The lowest BCUT2D eigenvalue weighted by Gasteiger charge is -2.35. The van der Waals surface area contributed by atoms with E-state index < -0.39 is 34.8 Å². The van der Waals surface area contributed by atoms with Crippen molar-refractivity contribution in [2.75, 3.05) is 0 Å². The third kappa shape index (κ3) is 3.32. The van der Waals surface area contributed by atoms with Crippen LogP contribution in [0.1, 0.15) is 29.7 Å². The van der Waals surface area contributed by atoms with Crippen LogP contribution in [0.25, 0.3) is 11.3 Å². The average Bonchev–Trinajstić information content (AvgIpc) is 2.93. The van der Waals surface area contributed by atoms with Crippen molar-refractivity contribution in [1.29, 1.82) is 0 Å². The molecule has 0 amide bonds. The number of nitrogens with one attached hydrogen (secondary N) is 1. The van der Waals surface area contributed by atoms with Gasteiger partial charge in [0.25, 0.3) is 5.92 Å². The molecule has 2 heterocycles. The van der Waals surface area contributed by atoms with Crippen LogP contribution >= 0.6 is 0 Å². The van der Waals surface area contributed by atoms with E-state index in [1.165, 1.54) is 12.1 Å². The number of fused-ring (bicyclic) bond motifs is 1.